The van der Waals surface area contributed by atoms with Gasteiger partial charge >= 0.3 is 0 Å². The highest BCUT2D eigenvalue weighted by Gasteiger charge is 2.11. The molecule has 4 heteroatoms. The molecule has 1 aromatic carbocycles. The predicted molar refractivity (Wildman–Crippen MR) is 92.1 cm³/mol. The molecule has 0 spiro atoms. The van der Waals surface area contributed by atoms with Crippen molar-refractivity contribution in [3.05, 3.63) is 51.5 Å². The molecule has 0 aliphatic rings. The number of amides is 1. The van der Waals surface area contributed by atoms with Crippen molar-refractivity contribution in [2.24, 2.45) is 5.92 Å². The van der Waals surface area contributed by atoms with Crippen molar-refractivity contribution >= 4 is 17.2 Å². The zero-order valence-corrected chi connectivity index (χ0v) is 14.5. The van der Waals surface area contributed by atoms with E-state index >= 15 is 0 Å². The molecule has 1 atom stereocenters. The van der Waals surface area contributed by atoms with Gasteiger partial charge in [-0.25, -0.2) is 4.98 Å². The Kier molecular flexibility index (Phi) is 5.72. The number of hydrogen-bond acceptors (Lipinski definition) is 3. The molecule has 0 saturated heterocycles. The van der Waals surface area contributed by atoms with Crippen LogP contribution in [0.3, 0.4) is 0 Å². The van der Waals surface area contributed by atoms with Gasteiger partial charge in [-0.1, -0.05) is 38.1 Å². The van der Waals surface area contributed by atoms with Gasteiger partial charge in [0.15, 0.2) is 0 Å². The number of nitrogens with zero attached hydrogens (tertiary/aromatic N) is 1. The van der Waals surface area contributed by atoms with Gasteiger partial charge in [-0.3, -0.25) is 4.79 Å². The van der Waals surface area contributed by atoms with Crippen LogP contribution < -0.4 is 5.32 Å². The molecular formula is C18H24N2OS. The average Bonchev–Trinajstić information content (AvgIpc) is 2.83. The summed E-state index contributed by atoms with van der Waals surface area (Å²) in [7, 11) is 0. The van der Waals surface area contributed by atoms with Crippen LogP contribution in [0.1, 0.15) is 48.6 Å². The predicted octanol–water partition coefficient (Wildman–Crippen LogP) is 4.07. The first-order valence-corrected chi connectivity index (χ1v) is 8.61. The minimum absolute atomic E-state index is 0.0142. The van der Waals surface area contributed by atoms with Gasteiger partial charge in [-0.15, -0.1) is 11.3 Å². The third-order valence-electron chi connectivity index (χ3n) is 3.51. The number of nitrogens with one attached hydrogen (secondary N) is 1. The topological polar surface area (TPSA) is 42.0 Å². The Morgan fingerprint density at radius 1 is 1.23 bits per heavy atom. The summed E-state index contributed by atoms with van der Waals surface area (Å²) in [4.78, 5) is 16.4. The summed E-state index contributed by atoms with van der Waals surface area (Å²) in [6.07, 6.45) is 1.43. The van der Waals surface area contributed by atoms with Crippen molar-refractivity contribution < 1.29 is 4.79 Å². The first-order chi connectivity index (χ1) is 10.4. The highest BCUT2D eigenvalue weighted by atomic mass is 32.1. The Morgan fingerprint density at radius 2 is 1.91 bits per heavy atom. The lowest BCUT2D eigenvalue weighted by Crippen LogP contribution is -2.28. The maximum absolute atomic E-state index is 12.1. The molecule has 1 heterocycles. The van der Waals surface area contributed by atoms with Crippen molar-refractivity contribution in [1.29, 1.82) is 0 Å². The van der Waals surface area contributed by atoms with Crippen LogP contribution in [0, 0.1) is 12.8 Å². The average molecular weight is 316 g/mol. The van der Waals surface area contributed by atoms with Crippen molar-refractivity contribution in [3.8, 4) is 0 Å². The van der Waals surface area contributed by atoms with E-state index in [2.05, 4.69) is 48.4 Å². The van der Waals surface area contributed by atoms with E-state index in [1.165, 1.54) is 5.56 Å². The van der Waals surface area contributed by atoms with Crippen LogP contribution in [0.4, 0.5) is 0 Å². The molecule has 1 unspecified atom stereocenters. The lowest BCUT2D eigenvalue weighted by Gasteiger charge is -2.15. The molecule has 0 aliphatic carbocycles. The van der Waals surface area contributed by atoms with Gasteiger partial charge in [0.1, 0.15) is 0 Å². The monoisotopic (exact) mass is 316 g/mol. The van der Waals surface area contributed by atoms with E-state index in [1.54, 1.807) is 11.3 Å². The fourth-order valence-electron chi connectivity index (χ4n) is 2.44. The zero-order valence-electron chi connectivity index (χ0n) is 13.7. The van der Waals surface area contributed by atoms with Crippen LogP contribution in [-0.4, -0.2) is 10.9 Å². The molecule has 1 amide bonds. The number of benzene rings is 1. The standard InChI is InChI=1S/C18H24N2OS/c1-12(2)9-15-5-7-16(8-6-15)13(3)19-18(21)10-17-11-22-14(4)20-17/h5-8,11-13H,9-10H2,1-4H3,(H,19,21). The van der Waals surface area contributed by atoms with Crippen molar-refractivity contribution in [3.63, 3.8) is 0 Å². The maximum atomic E-state index is 12.1. The van der Waals surface area contributed by atoms with Crippen LogP contribution >= 0.6 is 11.3 Å². The van der Waals surface area contributed by atoms with Crippen LogP contribution in [0.5, 0.6) is 0 Å². The third-order valence-corrected chi connectivity index (χ3v) is 4.33. The van der Waals surface area contributed by atoms with E-state index in [9.17, 15) is 4.79 Å². The van der Waals surface area contributed by atoms with E-state index in [0.29, 0.717) is 12.3 Å². The SMILES string of the molecule is Cc1nc(CC(=O)NC(C)c2ccc(CC(C)C)cc2)cs1. The van der Waals surface area contributed by atoms with Gasteiger partial charge in [0.25, 0.3) is 0 Å². The largest absolute Gasteiger partial charge is 0.349 e. The van der Waals surface area contributed by atoms with Crippen LogP contribution in [0.2, 0.25) is 0 Å². The summed E-state index contributed by atoms with van der Waals surface area (Å²) in [6, 6.07) is 8.54. The number of aryl methyl sites for hydroxylation is 1. The van der Waals surface area contributed by atoms with Crippen molar-refractivity contribution in [1.82, 2.24) is 10.3 Å². The molecule has 118 valence electrons. The van der Waals surface area contributed by atoms with Gasteiger partial charge < -0.3 is 5.32 Å². The summed E-state index contributed by atoms with van der Waals surface area (Å²) in [5, 5.41) is 5.98. The number of rotatable bonds is 6. The molecule has 2 rings (SSSR count). The summed E-state index contributed by atoms with van der Waals surface area (Å²) < 4.78 is 0. The summed E-state index contributed by atoms with van der Waals surface area (Å²) in [5.41, 5.74) is 3.32. The molecule has 0 fully saturated rings. The molecule has 0 saturated carbocycles. The van der Waals surface area contributed by atoms with E-state index < -0.39 is 0 Å². The second kappa shape index (κ2) is 7.54. The Labute approximate surface area is 136 Å². The molecule has 2 aromatic rings. The second-order valence-electron chi connectivity index (χ2n) is 6.16. The lowest BCUT2D eigenvalue weighted by molar-refractivity contribution is -0.121. The minimum Gasteiger partial charge on any atom is -0.349 e. The Hall–Kier alpha value is -1.68. The Morgan fingerprint density at radius 3 is 2.45 bits per heavy atom. The number of carbonyl (C=O) groups excluding carboxylic acids is 1. The zero-order chi connectivity index (χ0) is 16.1. The van der Waals surface area contributed by atoms with Gasteiger partial charge in [-0.2, -0.15) is 0 Å². The first kappa shape index (κ1) is 16.7. The van der Waals surface area contributed by atoms with Crippen LogP contribution in [0.15, 0.2) is 29.6 Å². The lowest BCUT2D eigenvalue weighted by atomic mass is 10.00. The van der Waals surface area contributed by atoms with Gasteiger partial charge in [0.05, 0.1) is 23.2 Å². The number of aromatic nitrogens is 1. The van der Waals surface area contributed by atoms with Crippen LogP contribution in [0.25, 0.3) is 0 Å². The summed E-state index contributed by atoms with van der Waals surface area (Å²) >= 11 is 1.58. The van der Waals surface area contributed by atoms with Crippen molar-refractivity contribution in [2.45, 2.75) is 46.6 Å². The van der Waals surface area contributed by atoms with Gasteiger partial charge in [-0.05, 0) is 37.3 Å². The fourth-order valence-corrected chi connectivity index (χ4v) is 3.06. The summed E-state index contributed by atoms with van der Waals surface area (Å²) in [6.45, 7) is 8.41. The third kappa shape index (κ3) is 4.95. The van der Waals surface area contributed by atoms with Crippen molar-refractivity contribution in [2.75, 3.05) is 0 Å². The number of thiazole rings is 1. The minimum atomic E-state index is 0.0142. The molecule has 0 radical (unpaired) electrons. The van der Waals surface area contributed by atoms with E-state index in [4.69, 9.17) is 0 Å². The smallest absolute Gasteiger partial charge is 0.226 e. The Bertz CT molecular complexity index is 616. The van der Waals surface area contributed by atoms with Crippen LogP contribution in [-0.2, 0) is 17.6 Å². The fraction of sp³-hybridized carbons (Fsp3) is 0.444. The second-order valence-corrected chi connectivity index (χ2v) is 7.23. The van der Waals surface area contributed by atoms with E-state index in [-0.39, 0.29) is 11.9 Å². The molecule has 22 heavy (non-hydrogen) atoms. The van der Waals surface area contributed by atoms with Gasteiger partial charge in [0.2, 0.25) is 5.91 Å². The van der Waals surface area contributed by atoms with E-state index in [1.807, 2.05) is 19.2 Å². The highest BCUT2D eigenvalue weighted by Crippen LogP contribution is 2.16. The quantitative estimate of drug-likeness (QED) is 0.873. The molecule has 1 N–H and O–H groups in total. The highest BCUT2D eigenvalue weighted by molar-refractivity contribution is 7.09. The number of carbonyl (C=O) groups is 1. The molecule has 0 bridgehead atoms. The first-order valence-electron chi connectivity index (χ1n) is 7.73. The summed E-state index contributed by atoms with van der Waals surface area (Å²) in [5.74, 6) is 0.675. The Balaban J connectivity index is 1.90. The normalized spacial score (nSPS) is 12.4. The maximum Gasteiger partial charge on any atom is 0.226 e. The molecule has 1 aromatic heterocycles. The van der Waals surface area contributed by atoms with Gasteiger partial charge in [0, 0.05) is 5.38 Å². The molecule has 3 nitrogen and oxygen atoms in total. The van der Waals surface area contributed by atoms with E-state index in [0.717, 1.165) is 22.7 Å². The number of hydrogen-bond donors (Lipinski definition) is 1. The molecular weight excluding hydrogens is 292 g/mol. The molecule has 0 aliphatic heterocycles.